The summed E-state index contributed by atoms with van der Waals surface area (Å²) in [5.41, 5.74) is 1.20. The van der Waals surface area contributed by atoms with Crippen molar-refractivity contribution in [3.63, 3.8) is 0 Å². The van der Waals surface area contributed by atoms with Crippen LogP contribution in [0.2, 0.25) is 0 Å². The lowest BCUT2D eigenvalue weighted by Gasteiger charge is -2.15. The summed E-state index contributed by atoms with van der Waals surface area (Å²) in [7, 11) is 0. The first-order chi connectivity index (χ1) is 7.61. The Morgan fingerprint density at radius 3 is 2.56 bits per heavy atom. The number of aliphatic carboxylic acids is 1. The van der Waals surface area contributed by atoms with Crippen molar-refractivity contribution in [2.24, 2.45) is 5.92 Å². The van der Waals surface area contributed by atoms with E-state index in [1.54, 1.807) is 12.4 Å². The van der Waals surface area contributed by atoms with E-state index in [0.717, 1.165) is 12.2 Å². The van der Waals surface area contributed by atoms with Crippen molar-refractivity contribution in [2.75, 3.05) is 5.75 Å². The number of nitrogens with zero attached hydrogens (tertiary/aromatic N) is 1. The summed E-state index contributed by atoms with van der Waals surface area (Å²) < 4.78 is 0. The second-order valence-corrected chi connectivity index (χ2v) is 5.23. The van der Waals surface area contributed by atoms with Crippen molar-refractivity contribution >= 4 is 17.7 Å². The molecule has 88 valence electrons. The number of hydrogen-bond acceptors (Lipinski definition) is 3. The molecule has 1 heterocycles. The number of pyridine rings is 1. The number of aromatic nitrogens is 1. The molecule has 1 aromatic rings. The van der Waals surface area contributed by atoms with Gasteiger partial charge in [0.05, 0.1) is 0 Å². The van der Waals surface area contributed by atoms with Gasteiger partial charge in [0.2, 0.25) is 0 Å². The molecule has 0 bridgehead atoms. The van der Waals surface area contributed by atoms with Crippen LogP contribution in [-0.2, 0) is 11.2 Å². The monoisotopic (exact) mass is 239 g/mol. The van der Waals surface area contributed by atoms with Crippen LogP contribution < -0.4 is 0 Å². The van der Waals surface area contributed by atoms with Gasteiger partial charge in [0.25, 0.3) is 0 Å². The number of hydrogen-bond donors (Lipinski definition) is 1. The minimum Gasteiger partial charge on any atom is -0.480 e. The summed E-state index contributed by atoms with van der Waals surface area (Å²) in [6.07, 6.45) is 4.41. The number of aryl methyl sites for hydroxylation is 1. The predicted molar refractivity (Wildman–Crippen MR) is 66.7 cm³/mol. The van der Waals surface area contributed by atoms with E-state index in [9.17, 15) is 4.79 Å². The van der Waals surface area contributed by atoms with Crippen molar-refractivity contribution in [3.8, 4) is 0 Å². The van der Waals surface area contributed by atoms with Crippen LogP contribution in [0.1, 0.15) is 19.4 Å². The first kappa shape index (κ1) is 13.0. The smallest absolute Gasteiger partial charge is 0.316 e. The van der Waals surface area contributed by atoms with Crippen LogP contribution in [0.25, 0.3) is 0 Å². The van der Waals surface area contributed by atoms with E-state index in [1.165, 1.54) is 17.3 Å². The molecule has 1 atom stereocenters. The molecule has 16 heavy (non-hydrogen) atoms. The normalized spacial score (nSPS) is 12.7. The second-order valence-electron chi connectivity index (χ2n) is 3.98. The Morgan fingerprint density at radius 1 is 1.44 bits per heavy atom. The van der Waals surface area contributed by atoms with Crippen LogP contribution in [0.5, 0.6) is 0 Å². The van der Waals surface area contributed by atoms with Crippen molar-refractivity contribution in [1.82, 2.24) is 4.98 Å². The molecule has 1 rings (SSSR count). The molecule has 0 amide bonds. The molecule has 4 heteroatoms. The highest BCUT2D eigenvalue weighted by molar-refractivity contribution is 8.00. The molecule has 0 aromatic carbocycles. The molecule has 1 unspecified atom stereocenters. The van der Waals surface area contributed by atoms with Gasteiger partial charge in [-0.05, 0) is 35.8 Å². The van der Waals surface area contributed by atoms with Crippen molar-refractivity contribution < 1.29 is 9.90 Å². The average Bonchev–Trinajstić information content (AvgIpc) is 2.24. The molecule has 1 aromatic heterocycles. The zero-order chi connectivity index (χ0) is 12.0. The summed E-state index contributed by atoms with van der Waals surface area (Å²) in [5.74, 6) is 0.286. The van der Waals surface area contributed by atoms with Crippen molar-refractivity contribution in [2.45, 2.75) is 25.5 Å². The zero-order valence-corrected chi connectivity index (χ0v) is 10.4. The maximum atomic E-state index is 11.0. The van der Waals surface area contributed by atoms with Crippen molar-refractivity contribution in [3.05, 3.63) is 30.1 Å². The number of carboxylic acids is 1. The third-order valence-electron chi connectivity index (χ3n) is 2.29. The van der Waals surface area contributed by atoms with Gasteiger partial charge in [-0.3, -0.25) is 9.78 Å². The third kappa shape index (κ3) is 4.23. The predicted octanol–water partition coefficient (Wildman–Crippen LogP) is 2.47. The minimum absolute atomic E-state index is 0.167. The largest absolute Gasteiger partial charge is 0.480 e. The quantitative estimate of drug-likeness (QED) is 0.828. The van der Waals surface area contributed by atoms with Gasteiger partial charge < -0.3 is 5.11 Å². The first-order valence-electron chi connectivity index (χ1n) is 5.34. The molecular weight excluding hydrogens is 222 g/mol. The fourth-order valence-corrected chi connectivity index (χ4v) is 2.54. The number of carbonyl (C=O) groups is 1. The number of thioether (sulfide) groups is 1. The molecule has 3 nitrogen and oxygen atoms in total. The van der Waals surface area contributed by atoms with Crippen LogP contribution in [0.4, 0.5) is 0 Å². The van der Waals surface area contributed by atoms with E-state index in [4.69, 9.17) is 5.11 Å². The molecule has 1 N–H and O–H groups in total. The topological polar surface area (TPSA) is 50.2 Å². The maximum Gasteiger partial charge on any atom is 0.316 e. The molecule has 0 spiro atoms. The van der Waals surface area contributed by atoms with Crippen LogP contribution in [0.15, 0.2) is 24.5 Å². The van der Waals surface area contributed by atoms with Gasteiger partial charge in [-0.15, -0.1) is 11.8 Å². The SMILES string of the molecule is CC(C)C(SCCc1ccncc1)C(=O)O. The highest BCUT2D eigenvalue weighted by atomic mass is 32.2. The molecule has 0 fully saturated rings. The lowest BCUT2D eigenvalue weighted by Crippen LogP contribution is -2.23. The summed E-state index contributed by atoms with van der Waals surface area (Å²) >= 11 is 1.51. The third-order valence-corrected chi connectivity index (χ3v) is 3.83. The van der Waals surface area contributed by atoms with E-state index in [1.807, 2.05) is 26.0 Å². The van der Waals surface area contributed by atoms with Gasteiger partial charge in [-0.1, -0.05) is 13.8 Å². The van der Waals surface area contributed by atoms with Gasteiger partial charge in [0.1, 0.15) is 5.25 Å². The van der Waals surface area contributed by atoms with Gasteiger partial charge in [0.15, 0.2) is 0 Å². The fourth-order valence-electron chi connectivity index (χ4n) is 1.40. The summed E-state index contributed by atoms with van der Waals surface area (Å²) in [5, 5.41) is 8.71. The number of carboxylic acid groups (broad SMARTS) is 1. The minimum atomic E-state index is -0.713. The van der Waals surface area contributed by atoms with Gasteiger partial charge in [0, 0.05) is 12.4 Å². The molecule has 0 aliphatic carbocycles. The molecule has 0 aliphatic rings. The summed E-state index contributed by atoms with van der Waals surface area (Å²) in [4.78, 5) is 14.9. The highest BCUT2D eigenvalue weighted by Gasteiger charge is 2.21. The molecule has 0 saturated heterocycles. The summed E-state index contributed by atoms with van der Waals surface area (Å²) in [6, 6.07) is 3.93. The highest BCUT2D eigenvalue weighted by Crippen LogP contribution is 2.20. The molecule has 0 aliphatic heterocycles. The Morgan fingerprint density at radius 2 is 2.06 bits per heavy atom. The van der Waals surface area contributed by atoms with E-state index >= 15 is 0 Å². The van der Waals surface area contributed by atoms with Crippen LogP contribution in [0, 0.1) is 5.92 Å². The lowest BCUT2D eigenvalue weighted by molar-refractivity contribution is -0.137. The Hall–Kier alpha value is -1.03. The standard InChI is InChI=1S/C12H17NO2S/c1-9(2)11(12(14)15)16-8-5-10-3-6-13-7-4-10/h3-4,6-7,9,11H,5,8H2,1-2H3,(H,14,15). The average molecular weight is 239 g/mol. The summed E-state index contributed by atoms with van der Waals surface area (Å²) in [6.45, 7) is 3.89. The van der Waals surface area contributed by atoms with E-state index in [0.29, 0.717) is 0 Å². The Bertz CT molecular complexity index is 327. The van der Waals surface area contributed by atoms with Crippen LogP contribution >= 0.6 is 11.8 Å². The first-order valence-corrected chi connectivity index (χ1v) is 6.39. The molecule has 0 saturated carbocycles. The number of rotatable bonds is 6. The van der Waals surface area contributed by atoms with Gasteiger partial charge >= 0.3 is 5.97 Å². The van der Waals surface area contributed by atoms with Crippen molar-refractivity contribution in [1.29, 1.82) is 0 Å². The van der Waals surface area contributed by atoms with E-state index < -0.39 is 5.97 Å². The molecule has 0 radical (unpaired) electrons. The Balaban J connectivity index is 2.37. The van der Waals surface area contributed by atoms with Gasteiger partial charge in [-0.25, -0.2) is 0 Å². The van der Waals surface area contributed by atoms with Crippen LogP contribution in [0.3, 0.4) is 0 Å². The maximum absolute atomic E-state index is 11.0. The van der Waals surface area contributed by atoms with Gasteiger partial charge in [-0.2, -0.15) is 0 Å². The second kappa shape index (κ2) is 6.53. The Labute approximate surface area is 100 Å². The van der Waals surface area contributed by atoms with E-state index in [2.05, 4.69) is 4.98 Å². The van der Waals surface area contributed by atoms with E-state index in [-0.39, 0.29) is 11.2 Å². The molecular formula is C12H17NO2S. The Kier molecular flexibility index (Phi) is 5.32. The fraction of sp³-hybridized carbons (Fsp3) is 0.500. The van der Waals surface area contributed by atoms with Crippen LogP contribution in [-0.4, -0.2) is 27.1 Å². The lowest BCUT2D eigenvalue weighted by atomic mass is 10.1. The zero-order valence-electron chi connectivity index (χ0n) is 9.59.